The van der Waals surface area contributed by atoms with Crippen LogP contribution in [0.25, 0.3) is 0 Å². The first-order chi connectivity index (χ1) is 12.1. The van der Waals surface area contributed by atoms with Crippen molar-refractivity contribution in [3.05, 3.63) is 54.3 Å². The van der Waals surface area contributed by atoms with Crippen LogP contribution < -0.4 is 15.0 Å². The minimum absolute atomic E-state index is 0.0518. The lowest BCUT2D eigenvalue weighted by Gasteiger charge is -2.32. The second-order valence-electron chi connectivity index (χ2n) is 6.00. The zero-order valence-electron chi connectivity index (χ0n) is 13.8. The van der Waals surface area contributed by atoms with Gasteiger partial charge in [0.15, 0.2) is 18.2 Å². The van der Waals surface area contributed by atoms with Gasteiger partial charge in [-0.1, -0.05) is 24.3 Å². The summed E-state index contributed by atoms with van der Waals surface area (Å²) in [4.78, 5) is 14.3. The summed E-state index contributed by atoms with van der Waals surface area (Å²) >= 11 is 0. The van der Waals surface area contributed by atoms with Gasteiger partial charge in [-0.15, -0.1) is 0 Å². The Morgan fingerprint density at radius 3 is 2.60 bits per heavy atom. The number of rotatable bonds is 5. The van der Waals surface area contributed by atoms with Crippen molar-refractivity contribution in [2.75, 3.05) is 29.9 Å². The molecule has 5 nitrogen and oxygen atoms in total. The Hall–Kier alpha value is -2.60. The number of piperidine rings is 1. The van der Waals surface area contributed by atoms with Crippen LogP contribution in [0.5, 0.6) is 5.75 Å². The summed E-state index contributed by atoms with van der Waals surface area (Å²) in [6, 6.07) is 13.5. The number of halogens is 1. The van der Waals surface area contributed by atoms with Gasteiger partial charge in [0.2, 0.25) is 0 Å². The Kier molecular flexibility index (Phi) is 5.50. The maximum absolute atomic E-state index is 13.5. The lowest BCUT2D eigenvalue weighted by atomic mass is 10.1. The zero-order chi connectivity index (χ0) is 17.6. The lowest BCUT2D eigenvalue weighted by Crippen LogP contribution is -2.36. The molecule has 1 aliphatic heterocycles. The van der Waals surface area contributed by atoms with Crippen LogP contribution in [0.4, 0.5) is 15.8 Å². The van der Waals surface area contributed by atoms with Gasteiger partial charge in [0.25, 0.3) is 5.91 Å². The van der Waals surface area contributed by atoms with Crippen molar-refractivity contribution in [1.29, 1.82) is 0 Å². The quantitative estimate of drug-likeness (QED) is 0.876. The molecular formula is C19H21FN2O3. The standard InChI is InChI=1S/C19H21FN2O3/c20-15-5-1-4-8-18(15)25-13-19(24)21-16-6-2-3-7-17(16)22-11-9-14(23)10-12-22/h1-8,14,23H,9-13H2,(H,21,24). The molecule has 25 heavy (non-hydrogen) atoms. The molecule has 0 atom stereocenters. The van der Waals surface area contributed by atoms with Crippen molar-refractivity contribution < 1.29 is 19.0 Å². The van der Waals surface area contributed by atoms with Gasteiger partial charge >= 0.3 is 0 Å². The maximum atomic E-state index is 13.5. The van der Waals surface area contributed by atoms with E-state index in [1.54, 1.807) is 12.1 Å². The number of hydrogen-bond donors (Lipinski definition) is 2. The van der Waals surface area contributed by atoms with Gasteiger partial charge in [0, 0.05) is 13.1 Å². The van der Waals surface area contributed by atoms with Crippen LogP contribution in [-0.4, -0.2) is 36.8 Å². The third kappa shape index (κ3) is 4.48. The van der Waals surface area contributed by atoms with Crippen LogP contribution >= 0.6 is 0 Å². The van der Waals surface area contributed by atoms with E-state index in [9.17, 15) is 14.3 Å². The number of nitrogens with zero attached hydrogens (tertiary/aromatic N) is 1. The van der Waals surface area contributed by atoms with Crippen molar-refractivity contribution in [3.8, 4) is 5.75 Å². The third-order valence-electron chi connectivity index (χ3n) is 4.18. The fraction of sp³-hybridized carbons (Fsp3) is 0.316. The number of para-hydroxylation sites is 3. The van der Waals surface area contributed by atoms with Crippen LogP contribution in [0.2, 0.25) is 0 Å². The monoisotopic (exact) mass is 344 g/mol. The number of ether oxygens (including phenoxy) is 1. The molecule has 0 aromatic heterocycles. The summed E-state index contributed by atoms with van der Waals surface area (Å²) in [5.41, 5.74) is 1.59. The Morgan fingerprint density at radius 2 is 1.84 bits per heavy atom. The van der Waals surface area contributed by atoms with Gasteiger partial charge in [0.05, 0.1) is 17.5 Å². The number of aliphatic hydroxyl groups excluding tert-OH is 1. The Balaban J connectivity index is 1.62. The predicted molar refractivity (Wildman–Crippen MR) is 94.4 cm³/mol. The van der Waals surface area contributed by atoms with Gasteiger partial charge in [-0.05, 0) is 37.1 Å². The highest BCUT2D eigenvalue weighted by Crippen LogP contribution is 2.28. The first kappa shape index (κ1) is 17.2. The topological polar surface area (TPSA) is 61.8 Å². The molecule has 1 fully saturated rings. The van der Waals surface area contributed by atoms with Crippen LogP contribution in [0, 0.1) is 5.82 Å². The molecule has 0 bridgehead atoms. The van der Waals surface area contributed by atoms with E-state index < -0.39 is 5.82 Å². The summed E-state index contributed by atoms with van der Waals surface area (Å²) in [5.74, 6) is -0.800. The minimum atomic E-state index is -0.498. The predicted octanol–water partition coefficient (Wildman–Crippen LogP) is 2.80. The first-order valence-electron chi connectivity index (χ1n) is 8.32. The minimum Gasteiger partial charge on any atom is -0.481 e. The second kappa shape index (κ2) is 7.98. The van der Waals surface area contributed by atoms with Crippen molar-refractivity contribution in [2.24, 2.45) is 0 Å². The molecule has 1 amide bonds. The SMILES string of the molecule is O=C(COc1ccccc1F)Nc1ccccc1N1CCC(O)CC1. The number of carbonyl (C=O) groups excluding carboxylic acids is 1. The molecule has 2 aromatic carbocycles. The van der Waals surface area contributed by atoms with E-state index in [0.717, 1.165) is 18.8 Å². The fourth-order valence-electron chi connectivity index (χ4n) is 2.85. The number of hydrogen-bond acceptors (Lipinski definition) is 4. The molecule has 2 aromatic rings. The average Bonchev–Trinajstić information content (AvgIpc) is 2.62. The summed E-state index contributed by atoms with van der Waals surface area (Å²) in [6.45, 7) is 1.20. The van der Waals surface area contributed by atoms with E-state index in [-0.39, 0.29) is 24.4 Å². The van der Waals surface area contributed by atoms with E-state index in [4.69, 9.17) is 4.74 Å². The van der Waals surface area contributed by atoms with Crippen LogP contribution in [-0.2, 0) is 4.79 Å². The fourth-order valence-corrected chi connectivity index (χ4v) is 2.85. The van der Waals surface area contributed by atoms with Gasteiger partial charge in [-0.2, -0.15) is 0 Å². The van der Waals surface area contributed by atoms with Crippen LogP contribution in [0.1, 0.15) is 12.8 Å². The number of anilines is 2. The normalized spacial score (nSPS) is 15.0. The van der Waals surface area contributed by atoms with Gasteiger partial charge < -0.3 is 20.1 Å². The highest BCUT2D eigenvalue weighted by molar-refractivity contribution is 5.95. The molecule has 132 valence electrons. The second-order valence-corrected chi connectivity index (χ2v) is 6.00. The molecule has 3 rings (SSSR count). The lowest BCUT2D eigenvalue weighted by molar-refractivity contribution is -0.118. The van der Waals surface area contributed by atoms with Crippen molar-refractivity contribution in [2.45, 2.75) is 18.9 Å². The molecule has 0 saturated carbocycles. The molecule has 0 aliphatic carbocycles. The molecule has 0 radical (unpaired) electrons. The smallest absolute Gasteiger partial charge is 0.262 e. The Bertz CT molecular complexity index is 730. The number of carbonyl (C=O) groups is 1. The van der Waals surface area contributed by atoms with E-state index in [1.165, 1.54) is 12.1 Å². The van der Waals surface area contributed by atoms with E-state index in [0.29, 0.717) is 18.5 Å². The summed E-state index contributed by atoms with van der Waals surface area (Å²) in [5, 5.41) is 12.5. The molecule has 1 aliphatic rings. The third-order valence-corrected chi connectivity index (χ3v) is 4.18. The van der Waals surface area contributed by atoms with Crippen molar-refractivity contribution >= 4 is 17.3 Å². The zero-order valence-corrected chi connectivity index (χ0v) is 13.8. The van der Waals surface area contributed by atoms with E-state index in [1.807, 2.05) is 24.3 Å². The maximum Gasteiger partial charge on any atom is 0.262 e. The molecule has 0 unspecified atom stereocenters. The summed E-state index contributed by atoms with van der Waals surface area (Å²) < 4.78 is 18.8. The molecular weight excluding hydrogens is 323 g/mol. The number of amides is 1. The summed E-state index contributed by atoms with van der Waals surface area (Å²) in [7, 11) is 0. The van der Waals surface area contributed by atoms with E-state index >= 15 is 0 Å². The van der Waals surface area contributed by atoms with Crippen LogP contribution in [0.15, 0.2) is 48.5 Å². The molecule has 6 heteroatoms. The van der Waals surface area contributed by atoms with Gasteiger partial charge in [-0.3, -0.25) is 4.79 Å². The molecule has 1 heterocycles. The highest BCUT2D eigenvalue weighted by Gasteiger charge is 2.20. The van der Waals surface area contributed by atoms with E-state index in [2.05, 4.69) is 10.2 Å². The van der Waals surface area contributed by atoms with Crippen molar-refractivity contribution in [1.82, 2.24) is 0 Å². The molecule has 1 saturated heterocycles. The Morgan fingerprint density at radius 1 is 1.16 bits per heavy atom. The molecule has 2 N–H and O–H groups in total. The van der Waals surface area contributed by atoms with Gasteiger partial charge in [-0.25, -0.2) is 4.39 Å². The largest absolute Gasteiger partial charge is 0.481 e. The summed E-state index contributed by atoms with van der Waals surface area (Å²) in [6.07, 6.45) is 1.16. The number of benzene rings is 2. The number of aliphatic hydroxyl groups is 1. The first-order valence-corrected chi connectivity index (χ1v) is 8.32. The number of nitrogens with one attached hydrogen (secondary N) is 1. The van der Waals surface area contributed by atoms with Crippen LogP contribution in [0.3, 0.4) is 0 Å². The molecule has 0 spiro atoms. The Labute approximate surface area is 146 Å². The average molecular weight is 344 g/mol. The van der Waals surface area contributed by atoms with Gasteiger partial charge in [0.1, 0.15) is 0 Å². The highest BCUT2D eigenvalue weighted by atomic mass is 19.1. The van der Waals surface area contributed by atoms with Crippen molar-refractivity contribution in [3.63, 3.8) is 0 Å².